The quantitative estimate of drug-likeness (QED) is 0.311. The van der Waals surface area contributed by atoms with E-state index in [4.69, 9.17) is 9.73 Å². The van der Waals surface area contributed by atoms with Crippen LogP contribution in [0.15, 0.2) is 29.3 Å². The van der Waals surface area contributed by atoms with Gasteiger partial charge in [0, 0.05) is 56.8 Å². The zero-order valence-electron chi connectivity index (χ0n) is 20.4. The van der Waals surface area contributed by atoms with Crippen LogP contribution in [0.25, 0.3) is 0 Å². The molecule has 1 N–H and O–H groups in total. The van der Waals surface area contributed by atoms with Crippen LogP contribution in [0.3, 0.4) is 0 Å². The topological polar surface area (TPSA) is 60.4 Å². The minimum Gasteiger partial charge on any atom is -0.496 e. The van der Waals surface area contributed by atoms with Crippen molar-refractivity contribution in [2.24, 2.45) is 4.99 Å². The van der Waals surface area contributed by atoms with Gasteiger partial charge >= 0.3 is 0 Å². The van der Waals surface area contributed by atoms with Gasteiger partial charge in [0.1, 0.15) is 5.75 Å². The van der Waals surface area contributed by atoms with Crippen LogP contribution < -0.4 is 10.1 Å². The Morgan fingerprint density at radius 2 is 1.76 bits per heavy atom. The molecule has 8 heteroatoms. The van der Waals surface area contributed by atoms with Gasteiger partial charge < -0.3 is 19.9 Å². The summed E-state index contributed by atoms with van der Waals surface area (Å²) in [6.45, 7) is 11.2. The van der Waals surface area contributed by atoms with Crippen LogP contribution in [0.1, 0.15) is 45.1 Å². The predicted molar refractivity (Wildman–Crippen MR) is 144 cm³/mol. The molecule has 0 bridgehead atoms. The maximum atomic E-state index is 12.8. The molecule has 7 nitrogen and oxygen atoms in total. The van der Waals surface area contributed by atoms with Crippen LogP contribution in [0.4, 0.5) is 0 Å². The van der Waals surface area contributed by atoms with E-state index in [1.807, 2.05) is 17.0 Å². The summed E-state index contributed by atoms with van der Waals surface area (Å²) in [5.41, 5.74) is 1.38. The first kappa shape index (κ1) is 26.1. The minimum absolute atomic E-state index is 0. The number of halogens is 1. The third-order valence-electron chi connectivity index (χ3n) is 7.33. The monoisotopic (exact) mass is 569 g/mol. The number of piperazine rings is 1. The molecule has 0 radical (unpaired) electrons. The first-order valence-electron chi connectivity index (χ1n) is 12.3. The number of carbonyl (C=O) groups excluding carboxylic acids is 1. The molecule has 1 saturated carbocycles. The van der Waals surface area contributed by atoms with Crippen molar-refractivity contribution in [3.05, 3.63) is 29.8 Å². The second kappa shape index (κ2) is 11.7. The molecular formula is C25H40IN5O2. The van der Waals surface area contributed by atoms with Crippen molar-refractivity contribution in [3.63, 3.8) is 0 Å². The molecule has 1 aliphatic carbocycles. The fraction of sp³-hybridized carbons (Fsp3) is 0.680. The number of likely N-dealkylation sites (tertiary alicyclic amines) is 1. The van der Waals surface area contributed by atoms with Gasteiger partial charge in [-0.2, -0.15) is 0 Å². The summed E-state index contributed by atoms with van der Waals surface area (Å²) in [7, 11) is 1.75. The smallest absolute Gasteiger partial charge is 0.239 e. The summed E-state index contributed by atoms with van der Waals surface area (Å²) in [4.78, 5) is 24.6. The number of amides is 1. The Morgan fingerprint density at radius 3 is 2.36 bits per heavy atom. The number of methoxy groups -OCH3 is 1. The van der Waals surface area contributed by atoms with Gasteiger partial charge in [0.05, 0.1) is 19.7 Å². The Bertz CT molecular complexity index is 815. The summed E-state index contributed by atoms with van der Waals surface area (Å²) in [6, 6.07) is 8.33. The third kappa shape index (κ3) is 5.93. The highest BCUT2D eigenvalue weighted by Crippen LogP contribution is 2.51. The van der Waals surface area contributed by atoms with Crippen molar-refractivity contribution >= 4 is 35.8 Å². The van der Waals surface area contributed by atoms with E-state index in [0.29, 0.717) is 5.91 Å². The highest BCUT2D eigenvalue weighted by atomic mass is 127. The summed E-state index contributed by atoms with van der Waals surface area (Å²) < 4.78 is 5.62. The number of aliphatic imine (C=N–C) groups is 1. The van der Waals surface area contributed by atoms with E-state index < -0.39 is 0 Å². The van der Waals surface area contributed by atoms with E-state index in [1.54, 1.807) is 7.11 Å². The van der Waals surface area contributed by atoms with E-state index >= 15 is 0 Å². The maximum absolute atomic E-state index is 12.8. The Labute approximate surface area is 215 Å². The Balaban J connectivity index is 0.00000306. The second-order valence-corrected chi connectivity index (χ2v) is 9.38. The normalized spacial score (nSPS) is 21.4. The van der Waals surface area contributed by atoms with Crippen LogP contribution in [0, 0.1) is 0 Å². The number of nitrogens with one attached hydrogen (secondary N) is 1. The van der Waals surface area contributed by atoms with Crippen molar-refractivity contribution in [2.45, 2.75) is 51.0 Å². The highest BCUT2D eigenvalue weighted by Gasteiger charge is 2.46. The van der Waals surface area contributed by atoms with Crippen LogP contribution >= 0.6 is 24.0 Å². The molecule has 1 unspecified atom stereocenters. The van der Waals surface area contributed by atoms with Crippen molar-refractivity contribution in [1.82, 2.24) is 20.0 Å². The molecule has 2 heterocycles. The molecule has 1 aromatic carbocycles. The van der Waals surface area contributed by atoms with Gasteiger partial charge in [-0.05, 0) is 45.6 Å². The number of carbonyl (C=O) groups is 1. The Kier molecular flexibility index (Phi) is 9.26. The molecule has 3 fully saturated rings. The summed E-state index contributed by atoms with van der Waals surface area (Å²) in [6.07, 6.45) is 4.59. The lowest BCUT2D eigenvalue weighted by atomic mass is 9.95. The molecule has 0 aromatic heterocycles. The van der Waals surface area contributed by atoms with E-state index in [9.17, 15) is 4.79 Å². The number of rotatable bonds is 7. The largest absolute Gasteiger partial charge is 0.496 e. The maximum Gasteiger partial charge on any atom is 0.239 e. The molecule has 2 saturated heterocycles. The summed E-state index contributed by atoms with van der Waals surface area (Å²) in [5.74, 6) is 2.26. The zero-order chi connectivity index (χ0) is 22.6. The van der Waals surface area contributed by atoms with E-state index in [2.05, 4.69) is 41.1 Å². The molecule has 3 aliphatic rings. The number of para-hydroxylation sites is 1. The first-order chi connectivity index (χ1) is 15.6. The first-order valence-corrected chi connectivity index (χ1v) is 12.3. The van der Waals surface area contributed by atoms with Crippen LogP contribution in [-0.2, 0) is 10.2 Å². The molecule has 0 spiro atoms. The molecule has 33 heavy (non-hydrogen) atoms. The lowest BCUT2D eigenvalue weighted by Gasteiger charge is -2.39. The summed E-state index contributed by atoms with van der Waals surface area (Å²) in [5, 5.41) is 3.50. The minimum atomic E-state index is -0.0324. The van der Waals surface area contributed by atoms with Crippen LogP contribution in [0.2, 0.25) is 0 Å². The number of nitrogens with zero attached hydrogens (tertiary/aromatic N) is 4. The van der Waals surface area contributed by atoms with E-state index in [0.717, 1.165) is 89.8 Å². The van der Waals surface area contributed by atoms with Gasteiger partial charge in [0.2, 0.25) is 5.91 Å². The number of guanidine groups is 1. The highest BCUT2D eigenvalue weighted by molar-refractivity contribution is 14.0. The standard InChI is InChI=1S/C25H39N5O2.HI/c1-4-26-24(27-19-25(11-12-25)21-9-5-6-10-22(21)32-3)30-17-15-28(16-18-30)20(2)23(31)29-13-7-8-14-29;/h5-6,9-10,20H,4,7-8,11-19H2,1-3H3,(H,26,27);1H. The number of hydrogen-bond acceptors (Lipinski definition) is 4. The fourth-order valence-corrected chi connectivity index (χ4v) is 5.08. The average molecular weight is 570 g/mol. The lowest BCUT2D eigenvalue weighted by Crippen LogP contribution is -2.57. The SMILES string of the molecule is CCNC(=NCC1(c2ccccc2OC)CC1)N1CCN(C(C)C(=O)N2CCCC2)CC1.I. The summed E-state index contributed by atoms with van der Waals surface area (Å²) >= 11 is 0. The van der Waals surface area contributed by atoms with Crippen molar-refractivity contribution in [2.75, 3.05) is 59.5 Å². The van der Waals surface area contributed by atoms with E-state index in [-0.39, 0.29) is 35.4 Å². The molecule has 2 aliphatic heterocycles. The number of hydrogen-bond donors (Lipinski definition) is 1. The Morgan fingerprint density at radius 1 is 1.09 bits per heavy atom. The van der Waals surface area contributed by atoms with Gasteiger partial charge in [0.15, 0.2) is 5.96 Å². The van der Waals surface area contributed by atoms with Crippen molar-refractivity contribution in [3.8, 4) is 5.75 Å². The van der Waals surface area contributed by atoms with Crippen LogP contribution in [0.5, 0.6) is 5.75 Å². The molecule has 184 valence electrons. The molecule has 1 atom stereocenters. The number of benzene rings is 1. The van der Waals surface area contributed by atoms with Crippen molar-refractivity contribution < 1.29 is 9.53 Å². The molecule has 1 amide bonds. The molecule has 1 aromatic rings. The Hall–Kier alpha value is -1.55. The van der Waals surface area contributed by atoms with Gasteiger partial charge in [-0.1, -0.05) is 18.2 Å². The van der Waals surface area contributed by atoms with Gasteiger partial charge in [-0.3, -0.25) is 14.7 Å². The fourth-order valence-electron chi connectivity index (χ4n) is 5.08. The van der Waals surface area contributed by atoms with Gasteiger partial charge in [-0.15, -0.1) is 24.0 Å². The lowest BCUT2D eigenvalue weighted by molar-refractivity contribution is -0.135. The predicted octanol–water partition coefficient (Wildman–Crippen LogP) is 2.94. The third-order valence-corrected chi connectivity index (χ3v) is 7.33. The number of ether oxygens (including phenoxy) is 1. The molecular weight excluding hydrogens is 529 g/mol. The zero-order valence-corrected chi connectivity index (χ0v) is 22.7. The average Bonchev–Trinajstić information content (AvgIpc) is 3.42. The second-order valence-electron chi connectivity index (χ2n) is 9.38. The van der Waals surface area contributed by atoms with E-state index in [1.165, 1.54) is 5.56 Å². The molecule has 4 rings (SSSR count). The van der Waals surface area contributed by atoms with Gasteiger partial charge in [0.25, 0.3) is 0 Å². The van der Waals surface area contributed by atoms with Gasteiger partial charge in [-0.25, -0.2) is 0 Å². The van der Waals surface area contributed by atoms with Crippen molar-refractivity contribution in [1.29, 1.82) is 0 Å². The van der Waals surface area contributed by atoms with Crippen LogP contribution in [-0.4, -0.2) is 92.1 Å².